The van der Waals surface area contributed by atoms with E-state index in [4.69, 9.17) is 9.15 Å². The summed E-state index contributed by atoms with van der Waals surface area (Å²) in [5.74, 6) is 0.782. The molecule has 0 atom stereocenters. The second-order valence-corrected chi connectivity index (χ2v) is 7.41. The van der Waals surface area contributed by atoms with Crippen molar-refractivity contribution in [2.24, 2.45) is 0 Å². The van der Waals surface area contributed by atoms with Crippen molar-refractivity contribution in [3.05, 3.63) is 81.4 Å². The van der Waals surface area contributed by atoms with Crippen molar-refractivity contribution < 1.29 is 23.7 Å². The summed E-state index contributed by atoms with van der Waals surface area (Å²) in [4.78, 5) is 37.3. The van der Waals surface area contributed by atoms with Crippen molar-refractivity contribution in [2.75, 3.05) is 11.5 Å². The highest BCUT2D eigenvalue weighted by molar-refractivity contribution is 8.19. The van der Waals surface area contributed by atoms with Gasteiger partial charge in [0.1, 0.15) is 17.3 Å². The molecular weight excluding hydrogens is 420 g/mol. The lowest BCUT2D eigenvalue weighted by molar-refractivity contribution is -0.384. The van der Waals surface area contributed by atoms with Crippen LogP contribution in [0.4, 0.5) is 16.2 Å². The minimum atomic E-state index is -0.486. The number of nitro groups is 1. The maximum atomic E-state index is 12.8. The molecule has 0 N–H and O–H groups in total. The molecule has 9 heteroatoms. The molecule has 3 aromatic rings. The molecule has 1 aliphatic heterocycles. The average Bonchev–Trinajstić information content (AvgIpc) is 3.33. The van der Waals surface area contributed by atoms with Crippen LogP contribution in [-0.4, -0.2) is 22.7 Å². The topological polar surface area (TPSA) is 103 Å². The zero-order chi connectivity index (χ0) is 22.0. The molecule has 0 saturated carbocycles. The highest BCUT2D eigenvalue weighted by atomic mass is 32.2. The van der Waals surface area contributed by atoms with Crippen LogP contribution in [0.15, 0.2) is 70.0 Å². The van der Waals surface area contributed by atoms with Crippen LogP contribution in [0.1, 0.15) is 12.7 Å². The molecule has 8 nitrogen and oxygen atoms in total. The molecule has 0 unspecified atom stereocenters. The predicted octanol–water partition coefficient (Wildman–Crippen LogP) is 5.49. The van der Waals surface area contributed by atoms with Gasteiger partial charge in [-0.3, -0.25) is 19.7 Å². The molecule has 0 aliphatic carbocycles. The Morgan fingerprint density at radius 2 is 1.84 bits per heavy atom. The van der Waals surface area contributed by atoms with Gasteiger partial charge in [-0.15, -0.1) is 0 Å². The van der Waals surface area contributed by atoms with Crippen LogP contribution in [0.25, 0.3) is 17.4 Å². The summed E-state index contributed by atoms with van der Waals surface area (Å²) in [6, 6.07) is 16.1. The van der Waals surface area contributed by atoms with E-state index < -0.39 is 16.1 Å². The van der Waals surface area contributed by atoms with Crippen molar-refractivity contribution in [3.8, 4) is 17.1 Å². The van der Waals surface area contributed by atoms with Crippen molar-refractivity contribution in [1.29, 1.82) is 0 Å². The standard InChI is InChI=1S/C22H16N2O6S/c1-2-29-15-9-7-14(8-10-15)23-21(25)20(31-22(23)26)13-16-11-12-19(30-16)17-5-3-4-6-18(17)24(27)28/h3-13H,2H2,1H3/b20-13+. The van der Waals surface area contributed by atoms with E-state index in [9.17, 15) is 19.7 Å². The van der Waals surface area contributed by atoms with E-state index in [0.29, 0.717) is 35.1 Å². The second kappa shape index (κ2) is 8.49. The highest BCUT2D eigenvalue weighted by Crippen LogP contribution is 2.37. The predicted molar refractivity (Wildman–Crippen MR) is 117 cm³/mol. The Balaban J connectivity index is 1.59. The summed E-state index contributed by atoms with van der Waals surface area (Å²) in [5.41, 5.74) is 0.684. The molecule has 4 rings (SSSR count). The summed E-state index contributed by atoms with van der Waals surface area (Å²) < 4.78 is 11.1. The SMILES string of the molecule is CCOc1ccc(N2C(=O)S/C(=C/c3ccc(-c4ccccc4[N+](=O)[O-])o3)C2=O)cc1. The number of para-hydroxylation sites is 1. The maximum Gasteiger partial charge on any atom is 0.298 e. The highest BCUT2D eigenvalue weighted by Gasteiger charge is 2.36. The number of rotatable bonds is 6. The van der Waals surface area contributed by atoms with Gasteiger partial charge >= 0.3 is 0 Å². The Morgan fingerprint density at radius 1 is 1.10 bits per heavy atom. The third-order valence-corrected chi connectivity index (χ3v) is 5.34. The molecule has 0 spiro atoms. The summed E-state index contributed by atoms with van der Waals surface area (Å²) in [7, 11) is 0. The number of nitrogens with zero attached hydrogens (tertiary/aromatic N) is 2. The number of anilines is 1. The first-order valence-corrected chi connectivity index (χ1v) is 10.1. The Morgan fingerprint density at radius 3 is 2.55 bits per heavy atom. The van der Waals surface area contributed by atoms with E-state index in [1.54, 1.807) is 54.6 Å². The molecule has 2 aromatic carbocycles. The third kappa shape index (κ3) is 4.08. The van der Waals surface area contributed by atoms with Crippen LogP contribution in [0.5, 0.6) is 5.75 Å². The lowest BCUT2D eigenvalue weighted by atomic mass is 10.1. The molecular formula is C22H16N2O6S. The van der Waals surface area contributed by atoms with E-state index in [2.05, 4.69) is 0 Å². The fourth-order valence-corrected chi connectivity index (χ4v) is 3.92. The molecule has 31 heavy (non-hydrogen) atoms. The molecule has 1 aromatic heterocycles. The minimum Gasteiger partial charge on any atom is -0.494 e. The number of ether oxygens (including phenoxy) is 1. The van der Waals surface area contributed by atoms with Crippen LogP contribution >= 0.6 is 11.8 Å². The third-order valence-electron chi connectivity index (χ3n) is 4.47. The van der Waals surface area contributed by atoms with Gasteiger partial charge in [0, 0.05) is 12.1 Å². The number of nitro benzene ring substituents is 1. The summed E-state index contributed by atoms with van der Waals surface area (Å²) in [6.45, 7) is 2.38. The number of thioether (sulfide) groups is 1. The maximum absolute atomic E-state index is 12.8. The number of imide groups is 1. The van der Waals surface area contributed by atoms with Crippen LogP contribution < -0.4 is 9.64 Å². The zero-order valence-electron chi connectivity index (χ0n) is 16.3. The molecule has 0 bridgehead atoms. The molecule has 1 fully saturated rings. The fourth-order valence-electron chi connectivity index (χ4n) is 3.09. The Bertz CT molecular complexity index is 1200. The first-order chi connectivity index (χ1) is 15.0. The molecule has 2 amide bonds. The largest absolute Gasteiger partial charge is 0.494 e. The van der Waals surface area contributed by atoms with Crippen LogP contribution in [0, 0.1) is 10.1 Å². The van der Waals surface area contributed by atoms with Crippen LogP contribution in [0.2, 0.25) is 0 Å². The molecule has 1 saturated heterocycles. The number of benzene rings is 2. The van der Waals surface area contributed by atoms with E-state index in [0.717, 1.165) is 16.7 Å². The van der Waals surface area contributed by atoms with Gasteiger partial charge in [0.15, 0.2) is 0 Å². The normalized spacial score (nSPS) is 15.0. The van der Waals surface area contributed by atoms with Gasteiger partial charge in [0.2, 0.25) is 0 Å². The Kier molecular flexibility index (Phi) is 5.59. The molecule has 2 heterocycles. The quantitative estimate of drug-likeness (QED) is 0.286. The zero-order valence-corrected chi connectivity index (χ0v) is 17.1. The lowest BCUT2D eigenvalue weighted by Gasteiger charge is -2.13. The number of amides is 2. The fraction of sp³-hybridized carbons (Fsp3) is 0.0909. The summed E-state index contributed by atoms with van der Waals surface area (Å²) in [5, 5.41) is 10.8. The molecule has 1 aliphatic rings. The Labute approximate surface area is 181 Å². The first-order valence-electron chi connectivity index (χ1n) is 9.32. The van der Waals surface area contributed by atoms with Gasteiger partial charge in [-0.05, 0) is 61.2 Å². The number of hydrogen-bond donors (Lipinski definition) is 0. The van der Waals surface area contributed by atoms with Gasteiger partial charge in [-0.25, -0.2) is 4.90 Å². The molecule has 0 radical (unpaired) electrons. The minimum absolute atomic E-state index is 0.0841. The van der Waals surface area contributed by atoms with Gasteiger partial charge in [-0.1, -0.05) is 12.1 Å². The van der Waals surface area contributed by atoms with Crippen LogP contribution in [-0.2, 0) is 4.79 Å². The average molecular weight is 436 g/mol. The van der Waals surface area contributed by atoms with E-state index >= 15 is 0 Å². The van der Waals surface area contributed by atoms with Crippen molar-refractivity contribution >= 4 is 40.4 Å². The van der Waals surface area contributed by atoms with Gasteiger partial charge in [0.05, 0.1) is 27.7 Å². The second-order valence-electron chi connectivity index (χ2n) is 6.42. The lowest BCUT2D eigenvalue weighted by Crippen LogP contribution is -2.27. The Hall–Kier alpha value is -3.85. The summed E-state index contributed by atoms with van der Waals surface area (Å²) >= 11 is 0.798. The summed E-state index contributed by atoms with van der Waals surface area (Å²) in [6.07, 6.45) is 1.46. The molecule has 156 valence electrons. The van der Waals surface area contributed by atoms with E-state index in [1.807, 2.05) is 6.92 Å². The number of carbonyl (C=O) groups is 2. The first kappa shape index (κ1) is 20.4. The number of furan rings is 1. The smallest absolute Gasteiger partial charge is 0.298 e. The van der Waals surface area contributed by atoms with Gasteiger partial charge < -0.3 is 9.15 Å². The van der Waals surface area contributed by atoms with Crippen molar-refractivity contribution in [1.82, 2.24) is 0 Å². The van der Waals surface area contributed by atoms with Crippen molar-refractivity contribution in [2.45, 2.75) is 6.92 Å². The van der Waals surface area contributed by atoms with Gasteiger partial charge in [-0.2, -0.15) is 0 Å². The number of hydrogen-bond acceptors (Lipinski definition) is 7. The van der Waals surface area contributed by atoms with Crippen LogP contribution in [0.3, 0.4) is 0 Å². The number of carbonyl (C=O) groups excluding carboxylic acids is 2. The van der Waals surface area contributed by atoms with Gasteiger partial charge in [0.25, 0.3) is 16.8 Å². The monoisotopic (exact) mass is 436 g/mol. The van der Waals surface area contributed by atoms with E-state index in [-0.39, 0.29) is 10.6 Å². The van der Waals surface area contributed by atoms with E-state index in [1.165, 1.54) is 12.1 Å². The van der Waals surface area contributed by atoms with Crippen molar-refractivity contribution in [3.63, 3.8) is 0 Å².